The normalized spacial score (nSPS) is 29.4. The number of nitrogens with zero attached hydrogens (tertiary/aromatic N) is 1. The zero-order chi connectivity index (χ0) is 7.56. The molecule has 0 aromatic rings. The SMILES string of the molecule is CN1CCCC(C(F)F)C1. The molecule has 1 atom stereocenters. The molecular weight excluding hydrogens is 136 g/mol. The van der Waals surface area contributed by atoms with Gasteiger partial charge in [0.15, 0.2) is 0 Å². The quantitative estimate of drug-likeness (QED) is 0.547. The lowest BCUT2D eigenvalue weighted by atomic mass is 9.99. The summed E-state index contributed by atoms with van der Waals surface area (Å²) in [5.74, 6) is -0.376. The summed E-state index contributed by atoms with van der Waals surface area (Å²) in [6.07, 6.45) is -0.504. The molecule has 1 unspecified atom stereocenters. The molecule has 1 nitrogen and oxygen atoms in total. The van der Waals surface area contributed by atoms with Crippen LogP contribution in [0, 0.1) is 5.92 Å². The summed E-state index contributed by atoms with van der Waals surface area (Å²) in [7, 11) is 1.90. The minimum atomic E-state index is -2.12. The Kier molecular flexibility index (Phi) is 2.60. The van der Waals surface area contributed by atoms with Crippen molar-refractivity contribution in [2.24, 2.45) is 5.92 Å². The lowest BCUT2D eigenvalue weighted by Crippen LogP contribution is -2.35. The van der Waals surface area contributed by atoms with Crippen molar-refractivity contribution >= 4 is 0 Å². The number of alkyl halides is 2. The van der Waals surface area contributed by atoms with Gasteiger partial charge in [0, 0.05) is 12.5 Å². The summed E-state index contributed by atoms with van der Waals surface area (Å²) in [5.41, 5.74) is 0. The maximum atomic E-state index is 12.1. The molecule has 0 spiro atoms. The Morgan fingerprint density at radius 2 is 2.20 bits per heavy atom. The van der Waals surface area contributed by atoms with E-state index < -0.39 is 6.43 Å². The Hall–Kier alpha value is -0.180. The van der Waals surface area contributed by atoms with Gasteiger partial charge in [0.1, 0.15) is 0 Å². The van der Waals surface area contributed by atoms with Crippen LogP contribution in [0.15, 0.2) is 0 Å². The topological polar surface area (TPSA) is 3.24 Å². The Morgan fingerprint density at radius 1 is 1.50 bits per heavy atom. The second kappa shape index (κ2) is 3.28. The van der Waals surface area contributed by atoms with Crippen molar-refractivity contribution in [3.05, 3.63) is 0 Å². The standard InChI is InChI=1S/C7H13F2N/c1-10-4-2-3-6(5-10)7(8)9/h6-7H,2-5H2,1H3. The molecule has 3 heteroatoms. The molecule has 1 saturated heterocycles. The minimum Gasteiger partial charge on any atom is -0.306 e. The molecular formula is C7H13F2N. The molecule has 1 aliphatic heterocycles. The fourth-order valence-corrected chi connectivity index (χ4v) is 1.41. The van der Waals surface area contributed by atoms with Crippen LogP contribution in [0.4, 0.5) is 8.78 Å². The van der Waals surface area contributed by atoms with E-state index in [1.807, 2.05) is 11.9 Å². The molecule has 0 aromatic heterocycles. The second-order valence-corrected chi connectivity index (χ2v) is 3.00. The first kappa shape index (κ1) is 7.92. The maximum absolute atomic E-state index is 12.1. The number of halogens is 2. The molecule has 1 fully saturated rings. The van der Waals surface area contributed by atoms with Gasteiger partial charge >= 0.3 is 0 Å². The number of piperidine rings is 1. The first-order chi connectivity index (χ1) is 4.70. The fourth-order valence-electron chi connectivity index (χ4n) is 1.41. The first-order valence-electron chi connectivity index (χ1n) is 3.67. The van der Waals surface area contributed by atoms with Gasteiger partial charge in [0.2, 0.25) is 6.43 Å². The third-order valence-electron chi connectivity index (χ3n) is 2.02. The summed E-state index contributed by atoms with van der Waals surface area (Å²) in [6.45, 7) is 1.54. The van der Waals surface area contributed by atoms with Gasteiger partial charge in [-0.15, -0.1) is 0 Å². The van der Waals surface area contributed by atoms with Crippen molar-refractivity contribution in [1.29, 1.82) is 0 Å². The van der Waals surface area contributed by atoms with Crippen LogP contribution in [0.25, 0.3) is 0 Å². The van der Waals surface area contributed by atoms with Crippen molar-refractivity contribution in [3.8, 4) is 0 Å². The predicted molar refractivity (Wildman–Crippen MR) is 36.2 cm³/mol. The van der Waals surface area contributed by atoms with E-state index in [0.717, 1.165) is 13.0 Å². The number of likely N-dealkylation sites (tertiary alicyclic amines) is 1. The first-order valence-corrected chi connectivity index (χ1v) is 3.67. The molecule has 0 saturated carbocycles. The van der Waals surface area contributed by atoms with Crippen LogP contribution in [0.2, 0.25) is 0 Å². The van der Waals surface area contributed by atoms with Crippen LogP contribution in [0.3, 0.4) is 0 Å². The Labute approximate surface area is 60.0 Å². The monoisotopic (exact) mass is 149 g/mol. The molecule has 0 bridgehead atoms. The van der Waals surface area contributed by atoms with Gasteiger partial charge in [0.05, 0.1) is 0 Å². The third-order valence-corrected chi connectivity index (χ3v) is 2.02. The van der Waals surface area contributed by atoms with E-state index in [1.165, 1.54) is 0 Å². The summed E-state index contributed by atoms with van der Waals surface area (Å²) >= 11 is 0. The van der Waals surface area contributed by atoms with E-state index in [4.69, 9.17) is 0 Å². The summed E-state index contributed by atoms with van der Waals surface area (Å²) in [5, 5.41) is 0. The highest BCUT2D eigenvalue weighted by Gasteiger charge is 2.24. The highest BCUT2D eigenvalue weighted by molar-refractivity contribution is 4.71. The minimum absolute atomic E-state index is 0.376. The summed E-state index contributed by atoms with van der Waals surface area (Å²) in [4.78, 5) is 1.97. The van der Waals surface area contributed by atoms with E-state index in [0.29, 0.717) is 13.0 Å². The predicted octanol–water partition coefficient (Wildman–Crippen LogP) is 1.59. The lowest BCUT2D eigenvalue weighted by molar-refractivity contribution is 0.0349. The Bertz CT molecular complexity index is 106. The maximum Gasteiger partial charge on any atom is 0.242 e. The van der Waals surface area contributed by atoms with Crippen LogP contribution in [-0.2, 0) is 0 Å². The van der Waals surface area contributed by atoms with Crippen molar-refractivity contribution in [2.45, 2.75) is 19.3 Å². The van der Waals surface area contributed by atoms with Crippen molar-refractivity contribution in [2.75, 3.05) is 20.1 Å². The van der Waals surface area contributed by atoms with Crippen LogP contribution in [-0.4, -0.2) is 31.5 Å². The van der Waals surface area contributed by atoms with Crippen molar-refractivity contribution in [1.82, 2.24) is 4.90 Å². The van der Waals surface area contributed by atoms with Gasteiger partial charge in [-0.3, -0.25) is 0 Å². The van der Waals surface area contributed by atoms with Gasteiger partial charge in [-0.05, 0) is 26.4 Å². The van der Waals surface area contributed by atoms with Crippen LogP contribution in [0.5, 0.6) is 0 Å². The summed E-state index contributed by atoms with van der Waals surface area (Å²) < 4.78 is 24.1. The van der Waals surface area contributed by atoms with E-state index >= 15 is 0 Å². The number of hydrogen-bond acceptors (Lipinski definition) is 1. The molecule has 0 N–H and O–H groups in total. The number of rotatable bonds is 1. The van der Waals surface area contributed by atoms with Gasteiger partial charge in [-0.1, -0.05) is 0 Å². The van der Waals surface area contributed by atoms with Gasteiger partial charge in [0.25, 0.3) is 0 Å². The van der Waals surface area contributed by atoms with Gasteiger partial charge in [-0.25, -0.2) is 8.78 Å². The van der Waals surface area contributed by atoms with E-state index in [9.17, 15) is 8.78 Å². The zero-order valence-electron chi connectivity index (χ0n) is 6.19. The molecule has 10 heavy (non-hydrogen) atoms. The van der Waals surface area contributed by atoms with Gasteiger partial charge < -0.3 is 4.90 Å². The number of hydrogen-bond donors (Lipinski definition) is 0. The second-order valence-electron chi connectivity index (χ2n) is 3.00. The fraction of sp³-hybridized carbons (Fsp3) is 1.00. The third kappa shape index (κ3) is 1.90. The Balaban J connectivity index is 2.32. The largest absolute Gasteiger partial charge is 0.306 e. The van der Waals surface area contributed by atoms with Crippen molar-refractivity contribution in [3.63, 3.8) is 0 Å². The smallest absolute Gasteiger partial charge is 0.242 e. The molecule has 0 aromatic carbocycles. The van der Waals surface area contributed by atoms with E-state index in [2.05, 4.69) is 0 Å². The highest BCUT2D eigenvalue weighted by Crippen LogP contribution is 2.21. The van der Waals surface area contributed by atoms with Crippen LogP contribution < -0.4 is 0 Å². The van der Waals surface area contributed by atoms with E-state index in [-0.39, 0.29) is 5.92 Å². The highest BCUT2D eigenvalue weighted by atomic mass is 19.3. The van der Waals surface area contributed by atoms with Crippen LogP contribution in [0.1, 0.15) is 12.8 Å². The molecule has 1 aliphatic rings. The zero-order valence-corrected chi connectivity index (χ0v) is 6.19. The molecule has 0 amide bonds. The average Bonchev–Trinajstić information content (AvgIpc) is 1.88. The lowest BCUT2D eigenvalue weighted by Gasteiger charge is -2.28. The summed E-state index contributed by atoms with van der Waals surface area (Å²) in [6, 6.07) is 0. The molecule has 60 valence electrons. The van der Waals surface area contributed by atoms with Crippen molar-refractivity contribution < 1.29 is 8.78 Å². The van der Waals surface area contributed by atoms with E-state index in [1.54, 1.807) is 0 Å². The van der Waals surface area contributed by atoms with Crippen LogP contribution >= 0.6 is 0 Å². The molecule has 1 heterocycles. The average molecular weight is 149 g/mol. The molecule has 0 radical (unpaired) electrons. The van der Waals surface area contributed by atoms with Gasteiger partial charge in [-0.2, -0.15) is 0 Å². The molecule has 0 aliphatic carbocycles. The molecule has 1 rings (SSSR count). The Morgan fingerprint density at radius 3 is 2.60 bits per heavy atom.